The first-order valence-electron chi connectivity index (χ1n) is 5.57. The lowest BCUT2D eigenvalue weighted by Crippen LogP contribution is -2.53. The van der Waals surface area contributed by atoms with Gasteiger partial charge in [0.25, 0.3) is 5.91 Å². The first-order chi connectivity index (χ1) is 8.63. The number of nitrogens with zero attached hydrogens (tertiary/aromatic N) is 2. The maximum atomic E-state index is 12.2. The normalized spacial score (nSPS) is 19.3. The Morgan fingerprint density at radius 2 is 2.22 bits per heavy atom. The summed E-state index contributed by atoms with van der Waals surface area (Å²) in [5, 5.41) is 30.6. The van der Waals surface area contributed by atoms with Crippen LogP contribution in [-0.2, 0) is 0 Å². The smallest absolute Gasteiger partial charge is 0.255 e. The summed E-state index contributed by atoms with van der Waals surface area (Å²) in [7, 11) is 0. The summed E-state index contributed by atoms with van der Waals surface area (Å²) in [4.78, 5) is 13.6. The number of amides is 1. The number of nitriles is 1. The van der Waals surface area contributed by atoms with Gasteiger partial charge in [0.15, 0.2) is 11.5 Å². The molecule has 1 saturated heterocycles. The van der Waals surface area contributed by atoms with Gasteiger partial charge in [0.05, 0.1) is 6.07 Å². The van der Waals surface area contributed by atoms with Crippen molar-refractivity contribution < 1.29 is 15.0 Å². The molecule has 0 aliphatic carbocycles. The highest BCUT2D eigenvalue weighted by Gasteiger charge is 2.27. The van der Waals surface area contributed by atoms with Crippen molar-refractivity contribution in [3.05, 3.63) is 23.8 Å². The Labute approximate surface area is 104 Å². The Morgan fingerprint density at radius 3 is 2.89 bits per heavy atom. The lowest BCUT2D eigenvalue weighted by atomic mass is 10.1. The zero-order valence-corrected chi connectivity index (χ0v) is 9.63. The Hall–Kier alpha value is -2.26. The van der Waals surface area contributed by atoms with Crippen LogP contribution in [0.1, 0.15) is 10.4 Å². The summed E-state index contributed by atoms with van der Waals surface area (Å²) >= 11 is 0. The number of aromatic hydroxyl groups is 2. The Kier molecular flexibility index (Phi) is 3.35. The molecule has 6 nitrogen and oxygen atoms in total. The summed E-state index contributed by atoms with van der Waals surface area (Å²) in [6.07, 6.45) is 0. The van der Waals surface area contributed by atoms with E-state index in [1.165, 1.54) is 23.1 Å². The van der Waals surface area contributed by atoms with Gasteiger partial charge in [-0.15, -0.1) is 0 Å². The van der Waals surface area contributed by atoms with Crippen molar-refractivity contribution in [1.29, 1.82) is 5.26 Å². The predicted molar refractivity (Wildman–Crippen MR) is 63.1 cm³/mol. The van der Waals surface area contributed by atoms with Gasteiger partial charge < -0.3 is 20.4 Å². The van der Waals surface area contributed by atoms with Gasteiger partial charge in [0.2, 0.25) is 0 Å². The van der Waals surface area contributed by atoms with Crippen molar-refractivity contribution in [2.45, 2.75) is 6.04 Å². The standard InChI is InChI=1S/C12H13N3O3/c13-6-9-7-14-3-4-15(9)12(18)8-1-2-10(16)11(17)5-8/h1-2,5,9,14,16-17H,3-4,7H2. The number of benzene rings is 1. The largest absolute Gasteiger partial charge is 0.504 e. The monoisotopic (exact) mass is 247 g/mol. The predicted octanol–water partition coefficient (Wildman–Crippen LogP) is 0.0354. The molecule has 0 spiro atoms. The summed E-state index contributed by atoms with van der Waals surface area (Å²) in [6.45, 7) is 1.51. The summed E-state index contributed by atoms with van der Waals surface area (Å²) in [5.74, 6) is -0.938. The minimum atomic E-state index is -0.512. The second kappa shape index (κ2) is 4.94. The van der Waals surface area contributed by atoms with Crippen LogP contribution in [0.15, 0.2) is 18.2 Å². The third-order valence-electron chi connectivity index (χ3n) is 2.88. The minimum absolute atomic E-state index is 0.257. The Bertz CT molecular complexity index is 510. The first kappa shape index (κ1) is 12.2. The fourth-order valence-corrected chi connectivity index (χ4v) is 1.89. The van der Waals surface area contributed by atoms with Gasteiger partial charge in [-0.3, -0.25) is 4.79 Å². The van der Waals surface area contributed by atoms with Gasteiger partial charge in [-0.25, -0.2) is 0 Å². The van der Waals surface area contributed by atoms with Crippen molar-refractivity contribution in [3.8, 4) is 17.6 Å². The lowest BCUT2D eigenvalue weighted by molar-refractivity contribution is 0.0686. The van der Waals surface area contributed by atoms with E-state index < -0.39 is 6.04 Å². The second-order valence-corrected chi connectivity index (χ2v) is 4.05. The van der Waals surface area contributed by atoms with Gasteiger partial charge in [0.1, 0.15) is 6.04 Å². The molecule has 18 heavy (non-hydrogen) atoms. The number of hydrogen-bond acceptors (Lipinski definition) is 5. The number of phenols is 2. The average molecular weight is 247 g/mol. The fraction of sp³-hybridized carbons (Fsp3) is 0.333. The molecule has 2 rings (SSSR count). The van der Waals surface area contributed by atoms with Crippen LogP contribution in [-0.4, -0.2) is 46.7 Å². The fourth-order valence-electron chi connectivity index (χ4n) is 1.89. The molecular formula is C12H13N3O3. The molecule has 0 bridgehead atoms. The van der Waals surface area contributed by atoms with Gasteiger partial charge in [-0.2, -0.15) is 5.26 Å². The lowest BCUT2D eigenvalue weighted by Gasteiger charge is -2.32. The topological polar surface area (TPSA) is 96.6 Å². The van der Waals surface area contributed by atoms with E-state index in [2.05, 4.69) is 11.4 Å². The van der Waals surface area contributed by atoms with Crippen LogP contribution >= 0.6 is 0 Å². The molecule has 0 radical (unpaired) electrons. The highest BCUT2D eigenvalue weighted by atomic mass is 16.3. The zero-order valence-electron chi connectivity index (χ0n) is 9.63. The van der Waals surface area contributed by atoms with E-state index in [1.54, 1.807) is 0 Å². The zero-order chi connectivity index (χ0) is 13.1. The van der Waals surface area contributed by atoms with Crippen LogP contribution in [0, 0.1) is 11.3 Å². The quantitative estimate of drug-likeness (QED) is 0.609. The minimum Gasteiger partial charge on any atom is -0.504 e. The molecule has 1 fully saturated rings. The molecule has 3 N–H and O–H groups in total. The highest BCUT2D eigenvalue weighted by Crippen LogP contribution is 2.25. The third-order valence-corrected chi connectivity index (χ3v) is 2.88. The van der Waals surface area contributed by atoms with Crippen LogP contribution in [0.25, 0.3) is 0 Å². The maximum absolute atomic E-state index is 12.2. The molecule has 1 aromatic carbocycles. The number of nitrogens with one attached hydrogen (secondary N) is 1. The van der Waals surface area contributed by atoms with E-state index in [4.69, 9.17) is 5.26 Å². The Balaban J connectivity index is 2.24. The average Bonchev–Trinajstić information content (AvgIpc) is 2.41. The molecular weight excluding hydrogens is 234 g/mol. The van der Waals surface area contributed by atoms with Crippen molar-refractivity contribution in [3.63, 3.8) is 0 Å². The van der Waals surface area contributed by atoms with E-state index in [-0.39, 0.29) is 23.0 Å². The highest BCUT2D eigenvalue weighted by molar-refractivity contribution is 5.95. The second-order valence-electron chi connectivity index (χ2n) is 4.05. The first-order valence-corrected chi connectivity index (χ1v) is 5.57. The molecule has 0 aromatic heterocycles. The molecule has 0 saturated carbocycles. The SMILES string of the molecule is N#CC1CNCCN1C(=O)c1ccc(O)c(O)c1. The molecule has 1 unspecified atom stereocenters. The maximum Gasteiger partial charge on any atom is 0.255 e. The van der Waals surface area contributed by atoms with Crippen molar-refractivity contribution in [2.75, 3.05) is 19.6 Å². The van der Waals surface area contributed by atoms with Gasteiger partial charge in [-0.1, -0.05) is 0 Å². The molecule has 6 heteroatoms. The van der Waals surface area contributed by atoms with E-state index in [0.717, 1.165) is 0 Å². The molecule has 94 valence electrons. The van der Waals surface area contributed by atoms with Crippen molar-refractivity contribution in [2.24, 2.45) is 0 Å². The number of hydrogen-bond donors (Lipinski definition) is 3. The van der Waals surface area contributed by atoms with Crippen LogP contribution in [0.2, 0.25) is 0 Å². The van der Waals surface area contributed by atoms with Crippen molar-refractivity contribution in [1.82, 2.24) is 10.2 Å². The number of carbonyl (C=O) groups is 1. The summed E-state index contributed by atoms with van der Waals surface area (Å²) in [5.41, 5.74) is 0.257. The Morgan fingerprint density at radius 1 is 1.44 bits per heavy atom. The molecule has 1 aromatic rings. The summed E-state index contributed by atoms with van der Waals surface area (Å²) < 4.78 is 0. The summed E-state index contributed by atoms with van der Waals surface area (Å²) in [6, 6.07) is 5.43. The number of rotatable bonds is 1. The molecule has 1 atom stereocenters. The van der Waals surface area contributed by atoms with Crippen LogP contribution in [0.5, 0.6) is 11.5 Å². The van der Waals surface area contributed by atoms with Crippen LogP contribution in [0.3, 0.4) is 0 Å². The third kappa shape index (κ3) is 2.21. The number of piperazine rings is 1. The van der Waals surface area contributed by atoms with E-state index >= 15 is 0 Å². The number of phenolic OH excluding ortho intramolecular Hbond substituents is 2. The number of carbonyl (C=O) groups excluding carboxylic acids is 1. The van der Waals surface area contributed by atoms with Gasteiger partial charge in [-0.05, 0) is 18.2 Å². The van der Waals surface area contributed by atoms with Crippen molar-refractivity contribution >= 4 is 5.91 Å². The van der Waals surface area contributed by atoms with E-state index in [0.29, 0.717) is 19.6 Å². The molecule has 1 aliphatic rings. The molecule has 1 amide bonds. The van der Waals surface area contributed by atoms with E-state index in [9.17, 15) is 15.0 Å². The van der Waals surface area contributed by atoms with E-state index in [1.807, 2.05) is 0 Å². The van der Waals surface area contributed by atoms with Crippen LogP contribution < -0.4 is 5.32 Å². The van der Waals surface area contributed by atoms with Gasteiger partial charge in [0, 0.05) is 25.2 Å². The molecule has 1 heterocycles. The van der Waals surface area contributed by atoms with Gasteiger partial charge >= 0.3 is 0 Å². The van der Waals surface area contributed by atoms with Crippen LogP contribution in [0.4, 0.5) is 0 Å². The molecule has 1 aliphatic heterocycles.